The molecule has 1 unspecified atom stereocenters. The molecule has 1 atom stereocenters. The average molecular weight is 523 g/mol. The van der Waals surface area contributed by atoms with Crippen molar-refractivity contribution in [3.8, 4) is 5.75 Å². The van der Waals surface area contributed by atoms with Crippen LogP contribution in [0.4, 0.5) is 17.1 Å². The normalized spacial score (nSPS) is 20.0. The molecule has 1 aliphatic carbocycles. The maximum Gasteiger partial charge on any atom is 0.330 e. The highest BCUT2D eigenvalue weighted by atomic mass is 16.7. The van der Waals surface area contributed by atoms with Gasteiger partial charge < -0.3 is 29.0 Å². The van der Waals surface area contributed by atoms with Crippen LogP contribution in [0.3, 0.4) is 0 Å². The second-order valence-corrected chi connectivity index (χ2v) is 10.3. The minimum absolute atomic E-state index is 0.197. The van der Waals surface area contributed by atoms with Gasteiger partial charge in [0.1, 0.15) is 5.75 Å². The molecule has 5 rings (SSSR count). The summed E-state index contributed by atoms with van der Waals surface area (Å²) >= 11 is 0. The number of nitrogens with zero attached hydrogens (tertiary/aromatic N) is 4. The number of hydroxylamine groups is 1. The Morgan fingerprint density at radius 3 is 2.29 bits per heavy atom. The van der Waals surface area contributed by atoms with E-state index in [0.29, 0.717) is 31.7 Å². The molecule has 2 saturated heterocycles. The van der Waals surface area contributed by atoms with Gasteiger partial charge in [-0.25, -0.2) is 4.79 Å². The molecule has 2 fully saturated rings. The smallest absolute Gasteiger partial charge is 0.330 e. The number of carbonyl (C=O) groups excluding carboxylic acids is 2. The monoisotopic (exact) mass is 522 g/mol. The summed E-state index contributed by atoms with van der Waals surface area (Å²) in [6.45, 7) is 8.28. The van der Waals surface area contributed by atoms with E-state index < -0.39 is 5.97 Å². The molecule has 9 nitrogen and oxygen atoms in total. The number of hydrogen-bond acceptors (Lipinski definition) is 8. The van der Waals surface area contributed by atoms with Gasteiger partial charge in [0.05, 0.1) is 26.0 Å². The van der Waals surface area contributed by atoms with Crippen molar-refractivity contribution < 1.29 is 23.9 Å². The largest absolute Gasteiger partial charge is 0.496 e. The minimum Gasteiger partial charge on any atom is -0.496 e. The lowest BCUT2D eigenvalue weighted by Crippen LogP contribution is -2.45. The van der Waals surface area contributed by atoms with Crippen LogP contribution in [0.15, 0.2) is 36.4 Å². The van der Waals surface area contributed by atoms with Crippen molar-refractivity contribution in [2.24, 2.45) is 5.92 Å². The summed E-state index contributed by atoms with van der Waals surface area (Å²) < 4.78 is 11.1. The lowest BCUT2D eigenvalue weighted by molar-refractivity contribution is -0.149. The van der Waals surface area contributed by atoms with E-state index in [0.717, 1.165) is 57.1 Å². The molecule has 0 saturated carbocycles. The highest BCUT2D eigenvalue weighted by molar-refractivity contribution is 5.95. The van der Waals surface area contributed by atoms with Crippen LogP contribution in [0.25, 0.3) is 0 Å². The Kier molecular flexibility index (Phi) is 8.04. The molecule has 3 aliphatic rings. The Hall–Kier alpha value is -3.30. The molecule has 0 radical (unpaired) electrons. The Morgan fingerprint density at radius 2 is 1.63 bits per heavy atom. The van der Waals surface area contributed by atoms with E-state index in [2.05, 4.69) is 33.9 Å². The Balaban J connectivity index is 1.39. The molecule has 1 amide bonds. The number of carbonyl (C=O) groups is 2. The molecule has 2 aliphatic heterocycles. The molecule has 2 aromatic rings. The minimum atomic E-state index is -0.522. The number of fused-ring (bicyclic) bond motifs is 1. The van der Waals surface area contributed by atoms with Crippen LogP contribution in [0.5, 0.6) is 5.75 Å². The molecule has 9 heteroatoms. The standard InChI is InChI=1S/C29H38N4O5/c1-21(34)38-33(24-7-5-23(6-8-24)31-16-18-37-19-17-31)29(35)22-4-9-25-26(20-22)27(10-11-28(25)36-3)32-14-12-30(2)13-15-32/h5-8,10-11,22H,4,9,12-20H2,1-3H3. The van der Waals surface area contributed by atoms with Crippen LogP contribution in [0, 0.1) is 5.92 Å². The third kappa shape index (κ3) is 5.59. The van der Waals surface area contributed by atoms with Gasteiger partial charge in [-0.05, 0) is 73.8 Å². The van der Waals surface area contributed by atoms with Crippen LogP contribution in [-0.2, 0) is 32.0 Å². The molecule has 2 aromatic carbocycles. The molecule has 2 heterocycles. The summed E-state index contributed by atoms with van der Waals surface area (Å²) in [4.78, 5) is 38.4. The maximum absolute atomic E-state index is 13.9. The van der Waals surface area contributed by atoms with Crippen LogP contribution >= 0.6 is 0 Å². The van der Waals surface area contributed by atoms with Gasteiger partial charge in [-0.15, -0.1) is 5.06 Å². The molecular formula is C29H38N4O5. The number of methoxy groups -OCH3 is 1. The summed E-state index contributed by atoms with van der Waals surface area (Å²) in [7, 11) is 3.85. The van der Waals surface area contributed by atoms with Crippen molar-refractivity contribution in [2.75, 3.05) is 81.5 Å². The average Bonchev–Trinajstić information content (AvgIpc) is 2.95. The van der Waals surface area contributed by atoms with Crippen molar-refractivity contribution in [3.63, 3.8) is 0 Å². The highest BCUT2D eigenvalue weighted by Gasteiger charge is 2.34. The fourth-order valence-corrected chi connectivity index (χ4v) is 5.71. The van der Waals surface area contributed by atoms with E-state index in [1.807, 2.05) is 24.3 Å². The van der Waals surface area contributed by atoms with E-state index >= 15 is 0 Å². The zero-order valence-electron chi connectivity index (χ0n) is 22.6. The zero-order valence-corrected chi connectivity index (χ0v) is 22.6. The summed E-state index contributed by atoms with van der Waals surface area (Å²) in [5.41, 5.74) is 5.15. The molecule has 0 N–H and O–H groups in total. The second-order valence-electron chi connectivity index (χ2n) is 10.3. The second kappa shape index (κ2) is 11.6. The van der Waals surface area contributed by atoms with E-state index in [9.17, 15) is 9.59 Å². The van der Waals surface area contributed by atoms with Gasteiger partial charge in [-0.2, -0.15) is 0 Å². The summed E-state index contributed by atoms with van der Waals surface area (Å²) in [6.07, 6.45) is 1.98. The molecule has 0 bridgehead atoms. The summed E-state index contributed by atoms with van der Waals surface area (Å²) in [5, 5.41) is 1.19. The quantitative estimate of drug-likeness (QED) is 0.555. The van der Waals surface area contributed by atoms with Gasteiger partial charge in [-0.1, -0.05) is 0 Å². The maximum atomic E-state index is 13.9. The predicted molar refractivity (Wildman–Crippen MR) is 147 cm³/mol. The number of ether oxygens (including phenoxy) is 2. The van der Waals surface area contributed by atoms with Crippen LogP contribution < -0.4 is 19.6 Å². The number of amides is 1. The Labute approximate surface area is 224 Å². The van der Waals surface area contributed by atoms with Crippen LogP contribution in [0.2, 0.25) is 0 Å². The topological polar surface area (TPSA) is 74.8 Å². The van der Waals surface area contributed by atoms with Crippen molar-refractivity contribution in [1.29, 1.82) is 0 Å². The van der Waals surface area contributed by atoms with E-state index in [1.54, 1.807) is 7.11 Å². The number of rotatable bonds is 5. The van der Waals surface area contributed by atoms with Gasteiger partial charge in [-0.3, -0.25) is 4.79 Å². The first kappa shape index (κ1) is 26.3. The number of anilines is 3. The number of piperazine rings is 1. The van der Waals surface area contributed by atoms with Crippen LogP contribution in [-0.4, -0.2) is 83.4 Å². The third-order valence-electron chi connectivity index (χ3n) is 7.85. The summed E-state index contributed by atoms with van der Waals surface area (Å²) in [6, 6.07) is 11.8. The molecule has 0 spiro atoms. The van der Waals surface area contributed by atoms with Gasteiger partial charge in [0.15, 0.2) is 0 Å². The molecule has 0 aromatic heterocycles. The van der Waals surface area contributed by atoms with E-state index in [4.69, 9.17) is 14.3 Å². The lowest BCUT2D eigenvalue weighted by Gasteiger charge is -2.37. The molecular weight excluding hydrogens is 484 g/mol. The number of likely N-dealkylation sites (N-methyl/N-ethyl adjacent to an activating group) is 1. The van der Waals surface area contributed by atoms with Crippen molar-refractivity contribution in [1.82, 2.24) is 4.90 Å². The predicted octanol–water partition coefficient (Wildman–Crippen LogP) is 2.90. The zero-order chi connectivity index (χ0) is 26.6. The van der Waals surface area contributed by atoms with Gasteiger partial charge in [0.25, 0.3) is 5.91 Å². The SMILES string of the molecule is COc1ccc(N2CCN(C)CC2)c2c1CCC(C(=O)N(OC(C)=O)c1ccc(N3CCOCC3)cc1)C2. The van der Waals surface area contributed by atoms with E-state index in [-0.39, 0.29) is 11.8 Å². The molecule has 38 heavy (non-hydrogen) atoms. The lowest BCUT2D eigenvalue weighted by atomic mass is 9.81. The van der Waals surface area contributed by atoms with Gasteiger partial charge >= 0.3 is 5.97 Å². The van der Waals surface area contributed by atoms with Crippen molar-refractivity contribution >= 4 is 28.9 Å². The number of hydrogen-bond donors (Lipinski definition) is 0. The first-order chi connectivity index (χ1) is 18.4. The highest BCUT2D eigenvalue weighted by Crippen LogP contribution is 2.39. The first-order valence-corrected chi connectivity index (χ1v) is 13.5. The number of morpholine rings is 1. The van der Waals surface area contributed by atoms with Gasteiger partial charge in [0.2, 0.25) is 0 Å². The van der Waals surface area contributed by atoms with Crippen LogP contribution in [0.1, 0.15) is 24.5 Å². The van der Waals surface area contributed by atoms with Gasteiger partial charge in [0, 0.05) is 63.5 Å². The van der Waals surface area contributed by atoms with Crippen molar-refractivity contribution in [3.05, 3.63) is 47.5 Å². The first-order valence-electron chi connectivity index (χ1n) is 13.5. The molecule has 204 valence electrons. The van der Waals surface area contributed by atoms with E-state index in [1.165, 1.54) is 28.8 Å². The fraction of sp³-hybridized carbons (Fsp3) is 0.517. The third-order valence-corrected chi connectivity index (χ3v) is 7.85. The van der Waals surface area contributed by atoms with Crippen molar-refractivity contribution in [2.45, 2.75) is 26.2 Å². The Morgan fingerprint density at radius 1 is 0.921 bits per heavy atom. The number of benzene rings is 2. The fourth-order valence-electron chi connectivity index (χ4n) is 5.71. The Bertz CT molecular complexity index is 1140. The summed E-state index contributed by atoms with van der Waals surface area (Å²) in [5.74, 6) is -0.151.